The molecule has 3 aromatic rings. The molecule has 0 spiro atoms. The fourth-order valence-corrected chi connectivity index (χ4v) is 3.23. The second-order valence-electron chi connectivity index (χ2n) is 6.75. The molecular formula is C23H29N3O3. The summed E-state index contributed by atoms with van der Waals surface area (Å²) in [5.74, 6) is 2.27. The Morgan fingerprint density at radius 2 is 1.90 bits per heavy atom. The van der Waals surface area contributed by atoms with Crippen LogP contribution in [0.4, 0.5) is 5.95 Å². The lowest BCUT2D eigenvalue weighted by Gasteiger charge is -2.14. The van der Waals surface area contributed by atoms with E-state index in [0.29, 0.717) is 18.9 Å². The minimum atomic E-state index is 0.154. The first-order chi connectivity index (χ1) is 14.2. The molecule has 1 aromatic heterocycles. The number of hydrogen-bond donors (Lipinski definition) is 2. The number of phenolic OH excluding ortho intramolecular Hbond substituents is 1. The number of hydrogen-bond acceptors (Lipinski definition) is 5. The standard InChI is InChI=1S/C23H29N3O3/c1-4-6-14-26-20(17-10-12-19(13-11-17)29-5-2)16-25-23(26)24-15-18-8-7-9-21(28-3)22(18)27/h7-13,16,27H,4-6,14-15H2,1-3H3,(H,24,25). The number of anilines is 1. The van der Waals surface area contributed by atoms with E-state index in [-0.39, 0.29) is 5.75 Å². The van der Waals surface area contributed by atoms with Gasteiger partial charge in [0.15, 0.2) is 11.5 Å². The van der Waals surface area contributed by atoms with Crippen LogP contribution in [0, 0.1) is 0 Å². The van der Waals surface area contributed by atoms with Crippen molar-refractivity contribution in [1.82, 2.24) is 9.55 Å². The molecule has 0 atom stereocenters. The third-order valence-corrected chi connectivity index (χ3v) is 4.79. The van der Waals surface area contributed by atoms with E-state index in [1.54, 1.807) is 13.2 Å². The highest BCUT2D eigenvalue weighted by Crippen LogP contribution is 2.31. The van der Waals surface area contributed by atoms with Gasteiger partial charge in [0.2, 0.25) is 5.95 Å². The highest BCUT2D eigenvalue weighted by atomic mass is 16.5. The van der Waals surface area contributed by atoms with Crippen LogP contribution in [0.25, 0.3) is 11.3 Å². The molecule has 3 rings (SSSR count). The number of phenols is 1. The van der Waals surface area contributed by atoms with Crippen LogP contribution in [-0.2, 0) is 13.1 Å². The summed E-state index contributed by atoms with van der Waals surface area (Å²) >= 11 is 0. The molecule has 0 amide bonds. The molecule has 0 aliphatic rings. The van der Waals surface area contributed by atoms with E-state index in [1.165, 1.54) is 0 Å². The zero-order chi connectivity index (χ0) is 20.6. The van der Waals surface area contributed by atoms with E-state index in [0.717, 1.165) is 47.9 Å². The van der Waals surface area contributed by atoms with E-state index in [1.807, 2.05) is 37.4 Å². The largest absolute Gasteiger partial charge is 0.504 e. The predicted molar refractivity (Wildman–Crippen MR) is 116 cm³/mol. The number of benzene rings is 2. The molecule has 154 valence electrons. The van der Waals surface area contributed by atoms with Crippen LogP contribution in [0.3, 0.4) is 0 Å². The molecule has 2 aromatic carbocycles. The maximum atomic E-state index is 10.3. The Hall–Kier alpha value is -3.15. The van der Waals surface area contributed by atoms with Crippen LogP contribution < -0.4 is 14.8 Å². The van der Waals surface area contributed by atoms with Crippen LogP contribution >= 0.6 is 0 Å². The van der Waals surface area contributed by atoms with Gasteiger partial charge in [0.25, 0.3) is 0 Å². The topological polar surface area (TPSA) is 68.5 Å². The monoisotopic (exact) mass is 395 g/mol. The van der Waals surface area contributed by atoms with E-state index in [9.17, 15) is 5.11 Å². The van der Waals surface area contributed by atoms with Crippen molar-refractivity contribution < 1.29 is 14.6 Å². The summed E-state index contributed by atoms with van der Waals surface area (Å²) < 4.78 is 12.9. The first kappa shape index (κ1) is 20.6. The van der Waals surface area contributed by atoms with Crippen LogP contribution in [0.1, 0.15) is 32.3 Å². The summed E-state index contributed by atoms with van der Waals surface area (Å²) in [5, 5.41) is 13.7. The number of ether oxygens (including phenoxy) is 2. The van der Waals surface area contributed by atoms with Crippen LogP contribution in [-0.4, -0.2) is 28.4 Å². The van der Waals surface area contributed by atoms with Crippen molar-refractivity contribution in [2.24, 2.45) is 0 Å². The second kappa shape index (κ2) is 9.87. The summed E-state index contributed by atoms with van der Waals surface area (Å²) in [7, 11) is 1.55. The highest BCUT2D eigenvalue weighted by molar-refractivity contribution is 5.62. The summed E-state index contributed by atoms with van der Waals surface area (Å²) in [6, 6.07) is 13.6. The summed E-state index contributed by atoms with van der Waals surface area (Å²) in [4.78, 5) is 4.60. The van der Waals surface area contributed by atoms with E-state index in [2.05, 4.69) is 33.9 Å². The van der Waals surface area contributed by atoms with Gasteiger partial charge in [-0.15, -0.1) is 0 Å². The molecule has 6 nitrogen and oxygen atoms in total. The minimum absolute atomic E-state index is 0.154. The maximum absolute atomic E-state index is 10.3. The quantitative estimate of drug-likeness (QED) is 0.501. The van der Waals surface area contributed by atoms with Gasteiger partial charge in [0, 0.05) is 24.2 Å². The molecule has 29 heavy (non-hydrogen) atoms. The molecule has 2 N–H and O–H groups in total. The van der Waals surface area contributed by atoms with E-state index in [4.69, 9.17) is 9.47 Å². The summed E-state index contributed by atoms with van der Waals surface area (Å²) in [6.45, 7) is 6.12. The summed E-state index contributed by atoms with van der Waals surface area (Å²) in [5.41, 5.74) is 2.91. The lowest BCUT2D eigenvalue weighted by molar-refractivity contribution is 0.340. The fraction of sp³-hybridized carbons (Fsp3) is 0.348. The van der Waals surface area contributed by atoms with Gasteiger partial charge in [-0.05, 0) is 43.7 Å². The third kappa shape index (κ3) is 4.83. The van der Waals surface area contributed by atoms with Crippen molar-refractivity contribution in [3.63, 3.8) is 0 Å². The number of methoxy groups -OCH3 is 1. The number of nitrogens with one attached hydrogen (secondary N) is 1. The number of unbranched alkanes of at least 4 members (excludes halogenated alkanes) is 1. The van der Waals surface area contributed by atoms with Gasteiger partial charge >= 0.3 is 0 Å². The van der Waals surface area contributed by atoms with Gasteiger partial charge in [-0.2, -0.15) is 0 Å². The molecular weight excluding hydrogens is 366 g/mol. The van der Waals surface area contributed by atoms with Crippen molar-refractivity contribution in [3.05, 3.63) is 54.2 Å². The molecule has 0 bridgehead atoms. The fourth-order valence-electron chi connectivity index (χ4n) is 3.23. The maximum Gasteiger partial charge on any atom is 0.203 e. The zero-order valence-corrected chi connectivity index (χ0v) is 17.3. The number of para-hydroxylation sites is 1. The second-order valence-corrected chi connectivity index (χ2v) is 6.75. The Kier molecular flexibility index (Phi) is 7.00. The number of aromatic hydroxyl groups is 1. The average molecular weight is 396 g/mol. The SMILES string of the molecule is CCCCn1c(-c2ccc(OCC)cc2)cnc1NCc1cccc(OC)c1O. The molecule has 0 unspecified atom stereocenters. The van der Waals surface area contributed by atoms with Crippen molar-refractivity contribution in [3.8, 4) is 28.5 Å². The van der Waals surface area contributed by atoms with Crippen LogP contribution in [0.5, 0.6) is 17.2 Å². The number of nitrogens with zero attached hydrogens (tertiary/aromatic N) is 2. The molecule has 6 heteroatoms. The highest BCUT2D eigenvalue weighted by Gasteiger charge is 2.13. The van der Waals surface area contributed by atoms with Crippen molar-refractivity contribution in [1.29, 1.82) is 0 Å². The van der Waals surface area contributed by atoms with E-state index >= 15 is 0 Å². The molecule has 0 saturated carbocycles. The van der Waals surface area contributed by atoms with Crippen molar-refractivity contribution >= 4 is 5.95 Å². The normalized spacial score (nSPS) is 10.7. The van der Waals surface area contributed by atoms with E-state index < -0.39 is 0 Å². The number of imidazole rings is 1. The van der Waals surface area contributed by atoms with Crippen LogP contribution in [0.15, 0.2) is 48.7 Å². The lowest BCUT2D eigenvalue weighted by Crippen LogP contribution is -2.09. The number of rotatable bonds is 10. The zero-order valence-electron chi connectivity index (χ0n) is 17.3. The first-order valence-electron chi connectivity index (χ1n) is 10.0. The number of aromatic nitrogens is 2. The first-order valence-corrected chi connectivity index (χ1v) is 10.0. The Morgan fingerprint density at radius 3 is 2.59 bits per heavy atom. The molecule has 0 saturated heterocycles. The van der Waals surface area contributed by atoms with Gasteiger partial charge in [0.05, 0.1) is 25.6 Å². The van der Waals surface area contributed by atoms with Gasteiger partial charge in [-0.3, -0.25) is 0 Å². The smallest absolute Gasteiger partial charge is 0.203 e. The molecule has 0 aliphatic heterocycles. The van der Waals surface area contributed by atoms with Crippen LogP contribution in [0.2, 0.25) is 0 Å². The van der Waals surface area contributed by atoms with Gasteiger partial charge < -0.3 is 24.5 Å². The molecule has 0 aliphatic carbocycles. The molecule has 0 fully saturated rings. The van der Waals surface area contributed by atoms with Gasteiger partial charge in [-0.25, -0.2) is 4.98 Å². The predicted octanol–water partition coefficient (Wildman–Crippen LogP) is 5.08. The molecule has 0 radical (unpaired) electrons. The summed E-state index contributed by atoms with van der Waals surface area (Å²) in [6.07, 6.45) is 4.04. The Morgan fingerprint density at radius 1 is 1.10 bits per heavy atom. The molecule has 1 heterocycles. The van der Waals surface area contributed by atoms with Crippen molar-refractivity contribution in [2.45, 2.75) is 39.8 Å². The van der Waals surface area contributed by atoms with Gasteiger partial charge in [0.1, 0.15) is 5.75 Å². The Labute approximate surface area is 172 Å². The third-order valence-electron chi connectivity index (χ3n) is 4.79. The lowest BCUT2D eigenvalue weighted by atomic mass is 10.1. The average Bonchev–Trinajstić information content (AvgIpc) is 3.15. The Bertz CT molecular complexity index is 920. The van der Waals surface area contributed by atoms with Crippen molar-refractivity contribution in [2.75, 3.05) is 19.0 Å². The Balaban J connectivity index is 1.83. The minimum Gasteiger partial charge on any atom is -0.504 e. The van der Waals surface area contributed by atoms with Gasteiger partial charge in [-0.1, -0.05) is 25.5 Å².